The van der Waals surface area contributed by atoms with Crippen LogP contribution in [0.2, 0.25) is 5.02 Å². The Kier molecular flexibility index (Phi) is 8.28. The van der Waals surface area contributed by atoms with Gasteiger partial charge in [-0.15, -0.1) is 0 Å². The van der Waals surface area contributed by atoms with Crippen LogP contribution in [0, 0.1) is 5.92 Å². The summed E-state index contributed by atoms with van der Waals surface area (Å²) in [5, 5.41) is 0.756. The molecule has 1 aliphatic rings. The average Bonchev–Trinajstić information content (AvgIpc) is 2.75. The van der Waals surface area contributed by atoms with Crippen LogP contribution in [0.4, 0.5) is 0 Å². The average molecular weight is 433 g/mol. The van der Waals surface area contributed by atoms with E-state index in [0.29, 0.717) is 12.3 Å². The highest BCUT2D eigenvalue weighted by molar-refractivity contribution is 7.97. The van der Waals surface area contributed by atoms with Crippen LogP contribution >= 0.6 is 23.5 Å². The minimum atomic E-state index is -0.268. The first-order valence-corrected chi connectivity index (χ1v) is 11.3. The molecular formula is C23H29ClN2O2S. The summed E-state index contributed by atoms with van der Waals surface area (Å²) >= 11 is 7.80. The van der Waals surface area contributed by atoms with E-state index in [0.717, 1.165) is 53.6 Å². The van der Waals surface area contributed by atoms with E-state index >= 15 is 0 Å². The van der Waals surface area contributed by atoms with Gasteiger partial charge in [-0.1, -0.05) is 42.8 Å². The number of hydrogen-bond donors (Lipinski definition) is 1. The molecular weight excluding hydrogens is 404 g/mol. The molecule has 0 spiro atoms. The second-order valence-corrected chi connectivity index (χ2v) is 8.91. The fourth-order valence-electron chi connectivity index (χ4n) is 3.49. The number of aryl methyl sites for hydroxylation is 1. The minimum absolute atomic E-state index is 0.180. The maximum absolute atomic E-state index is 13.2. The standard InChI is InChI=1S/C23H29ClN2O2S/c1-17-12-14-26(15-13-17)23(27)22(11-10-18-6-3-4-9-21(18)24)25-29-20-8-5-7-19(16-20)28-2/h3-9,16-17,22,25H,10-15H2,1-2H3. The van der Waals surface area contributed by atoms with Crippen LogP contribution in [-0.4, -0.2) is 37.0 Å². The number of carbonyl (C=O) groups is 1. The zero-order chi connectivity index (χ0) is 20.6. The predicted molar refractivity (Wildman–Crippen MR) is 121 cm³/mol. The highest BCUT2D eigenvalue weighted by Gasteiger charge is 2.27. The first-order chi connectivity index (χ1) is 14.1. The van der Waals surface area contributed by atoms with Gasteiger partial charge in [0.25, 0.3) is 0 Å². The van der Waals surface area contributed by atoms with Gasteiger partial charge in [-0.25, -0.2) is 4.72 Å². The van der Waals surface area contributed by atoms with Crippen molar-refractivity contribution in [2.75, 3.05) is 20.2 Å². The summed E-state index contributed by atoms with van der Waals surface area (Å²) in [6.45, 7) is 3.94. The van der Waals surface area contributed by atoms with E-state index in [1.165, 1.54) is 11.9 Å². The van der Waals surface area contributed by atoms with Crippen LogP contribution in [0.3, 0.4) is 0 Å². The topological polar surface area (TPSA) is 41.6 Å². The lowest BCUT2D eigenvalue weighted by molar-refractivity contribution is -0.134. The van der Waals surface area contributed by atoms with Crippen LogP contribution in [0.15, 0.2) is 53.4 Å². The van der Waals surface area contributed by atoms with Gasteiger partial charge < -0.3 is 9.64 Å². The molecule has 0 saturated carbocycles. The van der Waals surface area contributed by atoms with E-state index in [4.69, 9.17) is 16.3 Å². The summed E-state index contributed by atoms with van der Waals surface area (Å²) in [4.78, 5) is 16.3. The van der Waals surface area contributed by atoms with Crippen molar-refractivity contribution in [1.82, 2.24) is 9.62 Å². The molecule has 1 unspecified atom stereocenters. The van der Waals surface area contributed by atoms with E-state index in [2.05, 4.69) is 11.6 Å². The third kappa shape index (κ3) is 6.39. The number of amides is 1. The quantitative estimate of drug-likeness (QED) is 0.581. The molecule has 0 bridgehead atoms. The molecule has 1 saturated heterocycles. The SMILES string of the molecule is COc1cccc(SNC(CCc2ccccc2Cl)C(=O)N2CCC(C)CC2)c1. The van der Waals surface area contributed by atoms with Crippen molar-refractivity contribution >= 4 is 29.5 Å². The molecule has 1 atom stereocenters. The van der Waals surface area contributed by atoms with Crippen molar-refractivity contribution in [2.45, 2.75) is 43.5 Å². The number of piperidine rings is 1. The first kappa shape index (κ1) is 22.0. The molecule has 156 valence electrons. The molecule has 4 nitrogen and oxygen atoms in total. The number of benzene rings is 2. The number of likely N-dealkylation sites (tertiary alicyclic amines) is 1. The molecule has 0 aliphatic carbocycles. The summed E-state index contributed by atoms with van der Waals surface area (Å²) in [5.74, 6) is 1.68. The van der Waals surface area contributed by atoms with Gasteiger partial charge >= 0.3 is 0 Å². The summed E-state index contributed by atoms with van der Waals surface area (Å²) in [7, 11) is 1.66. The van der Waals surface area contributed by atoms with E-state index in [9.17, 15) is 4.79 Å². The monoisotopic (exact) mass is 432 g/mol. The molecule has 2 aromatic carbocycles. The van der Waals surface area contributed by atoms with Gasteiger partial charge in [0.05, 0.1) is 13.2 Å². The molecule has 1 aliphatic heterocycles. The summed E-state index contributed by atoms with van der Waals surface area (Å²) in [6, 6.07) is 15.4. The Morgan fingerprint density at radius 2 is 2.00 bits per heavy atom. The van der Waals surface area contributed by atoms with Gasteiger partial charge in [-0.2, -0.15) is 0 Å². The van der Waals surface area contributed by atoms with Gasteiger partial charge in [-0.05, 0) is 73.4 Å². The van der Waals surface area contributed by atoms with Crippen molar-refractivity contribution in [2.24, 2.45) is 5.92 Å². The van der Waals surface area contributed by atoms with E-state index in [-0.39, 0.29) is 11.9 Å². The highest BCUT2D eigenvalue weighted by Crippen LogP contribution is 2.24. The van der Waals surface area contributed by atoms with Crippen molar-refractivity contribution in [3.05, 3.63) is 59.1 Å². The normalized spacial score (nSPS) is 15.9. The Morgan fingerprint density at radius 1 is 1.24 bits per heavy atom. The molecule has 6 heteroatoms. The third-order valence-corrected chi connectivity index (χ3v) is 6.67. The Morgan fingerprint density at radius 3 is 2.72 bits per heavy atom. The van der Waals surface area contributed by atoms with E-state index < -0.39 is 0 Å². The smallest absolute Gasteiger partial charge is 0.240 e. The number of nitrogens with zero attached hydrogens (tertiary/aromatic N) is 1. The maximum atomic E-state index is 13.2. The fraction of sp³-hybridized carbons (Fsp3) is 0.435. The number of nitrogens with one attached hydrogen (secondary N) is 1. The minimum Gasteiger partial charge on any atom is -0.497 e. The van der Waals surface area contributed by atoms with Gasteiger partial charge in [0.15, 0.2) is 0 Å². The summed E-state index contributed by atoms with van der Waals surface area (Å²) in [6.07, 6.45) is 3.61. The largest absolute Gasteiger partial charge is 0.497 e. The lowest BCUT2D eigenvalue weighted by atomic mass is 9.98. The Hall–Kier alpha value is -1.69. The number of rotatable bonds is 8. The van der Waals surface area contributed by atoms with Gasteiger partial charge in [-0.3, -0.25) is 4.79 Å². The lowest BCUT2D eigenvalue weighted by Crippen LogP contribution is -2.47. The number of hydrogen-bond acceptors (Lipinski definition) is 4. The number of ether oxygens (including phenoxy) is 1. The molecule has 1 fully saturated rings. The number of methoxy groups -OCH3 is 1. The van der Waals surface area contributed by atoms with E-state index in [1.54, 1.807) is 7.11 Å². The molecule has 0 aromatic heterocycles. The third-order valence-electron chi connectivity index (χ3n) is 5.41. The zero-order valence-electron chi connectivity index (χ0n) is 17.1. The number of carbonyl (C=O) groups excluding carboxylic acids is 1. The van der Waals surface area contributed by atoms with Crippen LogP contribution in [0.5, 0.6) is 5.75 Å². The molecule has 29 heavy (non-hydrogen) atoms. The molecule has 1 heterocycles. The molecule has 1 amide bonds. The van der Waals surface area contributed by atoms with Gasteiger partial charge in [0.1, 0.15) is 5.75 Å². The van der Waals surface area contributed by atoms with Crippen molar-refractivity contribution in [3.8, 4) is 5.75 Å². The van der Waals surface area contributed by atoms with Gasteiger partial charge in [0.2, 0.25) is 5.91 Å². The van der Waals surface area contributed by atoms with E-state index in [1.807, 2.05) is 53.4 Å². The van der Waals surface area contributed by atoms with Crippen LogP contribution in [0.25, 0.3) is 0 Å². The Balaban J connectivity index is 1.67. The Labute approximate surface area is 183 Å². The number of halogens is 1. The first-order valence-electron chi connectivity index (χ1n) is 10.2. The molecule has 1 N–H and O–H groups in total. The van der Waals surface area contributed by atoms with Crippen molar-refractivity contribution < 1.29 is 9.53 Å². The van der Waals surface area contributed by atoms with Crippen molar-refractivity contribution in [1.29, 1.82) is 0 Å². The fourth-order valence-corrected chi connectivity index (χ4v) is 4.54. The van der Waals surface area contributed by atoms with Gasteiger partial charge in [0, 0.05) is 23.0 Å². The van der Waals surface area contributed by atoms with Crippen LogP contribution in [-0.2, 0) is 11.2 Å². The molecule has 3 rings (SSSR count). The summed E-state index contributed by atoms with van der Waals surface area (Å²) in [5.41, 5.74) is 1.08. The zero-order valence-corrected chi connectivity index (χ0v) is 18.6. The second kappa shape index (κ2) is 10.9. The maximum Gasteiger partial charge on any atom is 0.240 e. The van der Waals surface area contributed by atoms with Crippen LogP contribution in [0.1, 0.15) is 31.7 Å². The summed E-state index contributed by atoms with van der Waals surface area (Å²) < 4.78 is 8.71. The molecule has 0 radical (unpaired) electrons. The van der Waals surface area contributed by atoms with Crippen LogP contribution < -0.4 is 9.46 Å². The Bertz CT molecular complexity index is 809. The highest BCUT2D eigenvalue weighted by atomic mass is 35.5. The van der Waals surface area contributed by atoms with Crippen molar-refractivity contribution in [3.63, 3.8) is 0 Å². The molecule has 2 aromatic rings. The predicted octanol–water partition coefficient (Wildman–Crippen LogP) is 5.21. The second-order valence-electron chi connectivity index (χ2n) is 7.59. The lowest BCUT2D eigenvalue weighted by Gasteiger charge is -2.33.